The molecule has 0 saturated carbocycles. The summed E-state index contributed by atoms with van der Waals surface area (Å²) in [5.41, 5.74) is 1.35. The third kappa shape index (κ3) is 5.84. The van der Waals surface area contributed by atoms with E-state index < -0.39 is 0 Å². The molecule has 3 heteroatoms. The van der Waals surface area contributed by atoms with Gasteiger partial charge in [-0.1, -0.05) is 45.6 Å². The van der Waals surface area contributed by atoms with Gasteiger partial charge in [-0.15, -0.1) is 0 Å². The van der Waals surface area contributed by atoms with Gasteiger partial charge in [0.2, 0.25) is 0 Å². The average molecular weight is 342 g/mol. The van der Waals surface area contributed by atoms with Gasteiger partial charge in [0.15, 0.2) is 0 Å². The Bertz CT molecular complexity index is 381. The number of halogens is 1. The lowest BCUT2D eigenvalue weighted by Crippen LogP contribution is -2.20. The van der Waals surface area contributed by atoms with Crippen LogP contribution in [0.15, 0.2) is 22.7 Å². The molecule has 1 unspecified atom stereocenters. The summed E-state index contributed by atoms with van der Waals surface area (Å²) in [6.45, 7) is 8.14. The summed E-state index contributed by atoms with van der Waals surface area (Å²) < 4.78 is 6.63. The Morgan fingerprint density at radius 1 is 1.15 bits per heavy atom. The van der Waals surface area contributed by atoms with Crippen LogP contribution in [0.2, 0.25) is 0 Å². The van der Waals surface area contributed by atoms with Crippen LogP contribution in [0, 0.1) is 0 Å². The van der Waals surface area contributed by atoms with Crippen molar-refractivity contribution in [2.75, 3.05) is 13.2 Å². The lowest BCUT2D eigenvalue weighted by Gasteiger charge is -2.19. The van der Waals surface area contributed by atoms with E-state index in [2.05, 4.69) is 53.3 Å². The monoisotopic (exact) mass is 341 g/mol. The predicted molar refractivity (Wildman–Crippen MR) is 90.5 cm³/mol. The normalized spacial score (nSPS) is 12.4. The highest BCUT2D eigenvalue weighted by Gasteiger charge is 2.12. The van der Waals surface area contributed by atoms with E-state index in [0.717, 1.165) is 16.8 Å². The molecule has 0 bridgehead atoms. The molecule has 0 aliphatic carbocycles. The van der Waals surface area contributed by atoms with Crippen LogP contribution < -0.4 is 10.1 Å². The smallest absolute Gasteiger partial charge is 0.133 e. The zero-order valence-electron chi connectivity index (χ0n) is 13.0. The number of benzene rings is 1. The molecule has 1 atom stereocenters. The molecule has 0 aliphatic rings. The number of rotatable bonds is 10. The summed E-state index contributed by atoms with van der Waals surface area (Å²) in [6.07, 6.45) is 6.45. The zero-order valence-corrected chi connectivity index (χ0v) is 14.6. The van der Waals surface area contributed by atoms with Crippen LogP contribution in [0.25, 0.3) is 0 Å². The molecule has 1 aromatic carbocycles. The Labute approximate surface area is 132 Å². The molecule has 0 saturated heterocycles. The Kier molecular flexibility index (Phi) is 8.95. The van der Waals surface area contributed by atoms with Crippen molar-refractivity contribution >= 4 is 15.9 Å². The summed E-state index contributed by atoms with van der Waals surface area (Å²) in [4.78, 5) is 0. The SMILES string of the molecule is CCCCCCC(NCC)c1ccc(OCC)c(Br)c1. The van der Waals surface area contributed by atoms with Crippen LogP contribution >= 0.6 is 15.9 Å². The third-order valence-electron chi connectivity index (χ3n) is 3.46. The molecular formula is C17H28BrNO. The van der Waals surface area contributed by atoms with Crippen LogP contribution in [-0.2, 0) is 0 Å². The van der Waals surface area contributed by atoms with E-state index in [1.54, 1.807) is 0 Å². The van der Waals surface area contributed by atoms with Crippen LogP contribution in [0.1, 0.15) is 64.5 Å². The van der Waals surface area contributed by atoms with Gasteiger partial charge in [-0.3, -0.25) is 0 Å². The number of ether oxygens (including phenoxy) is 1. The van der Waals surface area contributed by atoms with E-state index in [9.17, 15) is 0 Å². The van der Waals surface area contributed by atoms with Crippen molar-refractivity contribution in [3.63, 3.8) is 0 Å². The first-order valence-electron chi connectivity index (χ1n) is 7.88. The second-order valence-corrected chi connectivity index (χ2v) is 5.94. The molecule has 0 spiro atoms. The maximum Gasteiger partial charge on any atom is 0.133 e. The van der Waals surface area contributed by atoms with E-state index in [1.165, 1.54) is 37.7 Å². The van der Waals surface area contributed by atoms with Crippen molar-refractivity contribution in [1.82, 2.24) is 5.32 Å². The quantitative estimate of drug-likeness (QED) is 0.569. The van der Waals surface area contributed by atoms with Crippen molar-refractivity contribution < 1.29 is 4.74 Å². The predicted octanol–water partition coefficient (Wildman–Crippen LogP) is 5.47. The maximum absolute atomic E-state index is 5.58. The Balaban J connectivity index is 2.67. The molecule has 0 fully saturated rings. The molecule has 0 aliphatic heterocycles. The van der Waals surface area contributed by atoms with Crippen molar-refractivity contribution in [3.05, 3.63) is 28.2 Å². The summed E-state index contributed by atoms with van der Waals surface area (Å²) in [6, 6.07) is 6.89. The first-order valence-corrected chi connectivity index (χ1v) is 8.67. The highest BCUT2D eigenvalue weighted by atomic mass is 79.9. The first kappa shape index (κ1) is 17.5. The fraction of sp³-hybridized carbons (Fsp3) is 0.647. The van der Waals surface area contributed by atoms with Crippen molar-refractivity contribution in [2.45, 2.75) is 58.9 Å². The van der Waals surface area contributed by atoms with E-state index in [4.69, 9.17) is 4.74 Å². The standard InChI is InChI=1S/C17H28BrNO/c1-4-7-8-9-10-16(19-5-2)14-11-12-17(20-6-3)15(18)13-14/h11-13,16,19H,4-10H2,1-3H3. The van der Waals surface area contributed by atoms with Crippen LogP contribution in [0.3, 0.4) is 0 Å². The van der Waals surface area contributed by atoms with Gasteiger partial charge in [-0.25, -0.2) is 0 Å². The lowest BCUT2D eigenvalue weighted by molar-refractivity contribution is 0.338. The fourth-order valence-corrected chi connectivity index (χ4v) is 2.93. The lowest BCUT2D eigenvalue weighted by atomic mass is 10.00. The van der Waals surface area contributed by atoms with Gasteiger partial charge in [0.25, 0.3) is 0 Å². The van der Waals surface area contributed by atoms with Crippen molar-refractivity contribution in [3.8, 4) is 5.75 Å². The molecule has 2 nitrogen and oxygen atoms in total. The van der Waals surface area contributed by atoms with E-state index in [1.807, 2.05) is 6.92 Å². The first-order chi connectivity index (χ1) is 9.72. The molecule has 114 valence electrons. The van der Waals surface area contributed by atoms with Crippen LogP contribution in [0.4, 0.5) is 0 Å². The summed E-state index contributed by atoms with van der Waals surface area (Å²) in [7, 11) is 0. The molecule has 1 rings (SSSR count). The van der Waals surface area contributed by atoms with Gasteiger partial charge in [-0.2, -0.15) is 0 Å². The average Bonchev–Trinajstić information content (AvgIpc) is 2.45. The van der Waals surface area contributed by atoms with Gasteiger partial charge < -0.3 is 10.1 Å². The molecule has 0 radical (unpaired) electrons. The van der Waals surface area contributed by atoms with Crippen molar-refractivity contribution in [1.29, 1.82) is 0 Å². The highest BCUT2D eigenvalue weighted by Crippen LogP contribution is 2.30. The molecule has 0 amide bonds. The molecule has 1 aromatic rings. The van der Waals surface area contributed by atoms with Gasteiger partial charge >= 0.3 is 0 Å². The molecule has 0 aromatic heterocycles. The number of nitrogens with one attached hydrogen (secondary N) is 1. The van der Waals surface area contributed by atoms with Gasteiger partial charge in [0.1, 0.15) is 5.75 Å². The topological polar surface area (TPSA) is 21.3 Å². The minimum absolute atomic E-state index is 0.448. The summed E-state index contributed by atoms with van der Waals surface area (Å²) in [5, 5.41) is 3.59. The van der Waals surface area contributed by atoms with E-state index in [0.29, 0.717) is 12.6 Å². The number of unbranched alkanes of at least 4 members (excludes halogenated alkanes) is 3. The summed E-state index contributed by atoms with van der Waals surface area (Å²) in [5.74, 6) is 0.928. The van der Waals surface area contributed by atoms with Gasteiger partial charge in [-0.05, 0) is 53.5 Å². The molecular weight excluding hydrogens is 314 g/mol. The Morgan fingerprint density at radius 2 is 1.95 bits per heavy atom. The van der Waals surface area contributed by atoms with Crippen molar-refractivity contribution in [2.24, 2.45) is 0 Å². The summed E-state index contributed by atoms with van der Waals surface area (Å²) >= 11 is 3.61. The highest BCUT2D eigenvalue weighted by molar-refractivity contribution is 9.10. The van der Waals surface area contributed by atoms with E-state index >= 15 is 0 Å². The minimum atomic E-state index is 0.448. The largest absolute Gasteiger partial charge is 0.493 e. The maximum atomic E-state index is 5.58. The molecule has 1 N–H and O–H groups in total. The Hall–Kier alpha value is -0.540. The fourth-order valence-electron chi connectivity index (χ4n) is 2.41. The minimum Gasteiger partial charge on any atom is -0.493 e. The van der Waals surface area contributed by atoms with Gasteiger partial charge in [0.05, 0.1) is 11.1 Å². The second kappa shape index (κ2) is 10.2. The zero-order chi connectivity index (χ0) is 14.8. The Morgan fingerprint density at radius 3 is 2.55 bits per heavy atom. The van der Waals surface area contributed by atoms with Gasteiger partial charge in [0, 0.05) is 6.04 Å². The molecule has 0 heterocycles. The third-order valence-corrected chi connectivity index (χ3v) is 4.07. The van der Waals surface area contributed by atoms with Crippen LogP contribution in [0.5, 0.6) is 5.75 Å². The second-order valence-electron chi connectivity index (χ2n) is 5.08. The van der Waals surface area contributed by atoms with Crippen LogP contribution in [-0.4, -0.2) is 13.2 Å². The number of hydrogen-bond acceptors (Lipinski definition) is 2. The molecule has 20 heavy (non-hydrogen) atoms. The number of hydrogen-bond donors (Lipinski definition) is 1. The van der Waals surface area contributed by atoms with E-state index in [-0.39, 0.29) is 0 Å².